The molecule has 0 radical (unpaired) electrons. The summed E-state index contributed by atoms with van der Waals surface area (Å²) in [4.78, 5) is 11.5. The molecule has 0 aromatic heterocycles. The third kappa shape index (κ3) is 2.84. The lowest BCUT2D eigenvalue weighted by atomic mass is 9.53. The molecule has 2 heteroatoms. The summed E-state index contributed by atoms with van der Waals surface area (Å²) in [6.45, 7) is 9.99. The van der Waals surface area contributed by atoms with Gasteiger partial charge in [0, 0.05) is 5.92 Å². The summed E-state index contributed by atoms with van der Waals surface area (Å²) in [5, 5.41) is 0. The quantitative estimate of drug-likeness (QED) is 0.609. The van der Waals surface area contributed by atoms with E-state index in [1.165, 1.54) is 25.5 Å². The number of carbonyl (C=O) groups excluding carboxylic acids is 1. The van der Waals surface area contributed by atoms with Gasteiger partial charge in [-0.1, -0.05) is 32.9 Å². The molecule has 0 amide bonds. The molecule has 0 spiro atoms. The highest BCUT2D eigenvalue weighted by Gasteiger charge is 2.55. The van der Waals surface area contributed by atoms with Gasteiger partial charge in [-0.15, -0.1) is 0 Å². The first-order chi connectivity index (χ1) is 9.90. The molecule has 2 aliphatic carbocycles. The summed E-state index contributed by atoms with van der Waals surface area (Å²) in [7, 11) is 0. The van der Waals surface area contributed by atoms with Gasteiger partial charge in [0.15, 0.2) is 0 Å². The summed E-state index contributed by atoms with van der Waals surface area (Å²) < 4.78 is 0. The number of hydrogen-bond acceptors (Lipinski definition) is 2. The number of rotatable bonds is 5. The summed E-state index contributed by atoms with van der Waals surface area (Å²) in [6.07, 6.45) is 11.6. The van der Waals surface area contributed by atoms with Crippen LogP contribution in [0.4, 0.5) is 0 Å². The van der Waals surface area contributed by atoms with Crippen molar-refractivity contribution in [1.29, 1.82) is 0 Å². The van der Waals surface area contributed by atoms with Crippen LogP contribution in [0.5, 0.6) is 0 Å². The standard InChI is InChI=1S/C19H33NO/c1-5-10-18(2,3)16-8-11-19(4)14(13-21)6-7-17(19)15(16)9-12-20/h5,10,13-17H,6-9,11-12,20H2,1-4H3/b10-5-. The van der Waals surface area contributed by atoms with Crippen LogP contribution in [0.1, 0.15) is 59.8 Å². The average molecular weight is 291 g/mol. The van der Waals surface area contributed by atoms with E-state index in [1.807, 2.05) is 0 Å². The zero-order valence-corrected chi connectivity index (χ0v) is 14.3. The van der Waals surface area contributed by atoms with Crippen LogP contribution in [0.15, 0.2) is 12.2 Å². The van der Waals surface area contributed by atoms with E-state index in [4.69, 9.17) is 5.73 Å². The molecule has 0 bridgehead atoms. The molecule has 0 heterocycles. The molecule has 5 unspecified atom stereocenters. The van der Waals surface area contributed by atoms with Crippen LogP contribution in [0.25, 0.3) is 0 Å². The van der Waals surface area contributed by atoms with Crippen molar-refractivity contribution in [3.63, 3.8) is 0 Å². The molecule has 0 aromatic rings. The minimum Gasteiger partial charge on any atom is -0.330 e. The summed E-state index contributed by atoms with van der Waals surface area (Å²) in [5.74, 6) is 2.32. The van der Waals surface area contributed by atoms with Gasteiger partial charge < -0.3 is 10.5 Å². The van der Waals surface area contributed by atoms with Crippen LogP contribution in [0.2, 0.25) is 0 Å². The van der Waals surface area contributed by atoms with E-state index < -0.39 is 0 Å². The molecule has 120 valence electrons. The molecule has 0 saturated heterocycles. The van der Waals surface area contributed by atoms with Gasteiger partial charge in [-0.05, 0) is 74.2 Å². The van der Waals surface area contributed by atoms with E-state index in [2.05, 4.69) is 39.8 Å². The Bertz CT molecular complexity index is 400. The first-order valence-corrected chi connectivity index (χ1v) is 8.70. The number of aldehydes is 1. The Kier molecular flexibility index (Phi) is 4.97. The van der Waals surface area contributed by atoms with E-state index in [-0.39, 0.29) is 16.7 Å². The molecule has 0 aromatic carbocycles. The molecule has 2 nitrogen and oxygen atoms in total. The fraction of sp³-hybridized carbons (Fsp3) is 0.842. The maximum atomic E-state index is 11.5. The predicted octanol–water partition coefficient (Wildman–Crippen LogP) is 4.20. The fourth-order valence-electron chi connectivity index (χ4n) is 5.62. The van der Waals surface area contributed by atoms with Crippen LogP contribution in [-0.4, -0.2) is 12.8 Å². The van der Waals surface area contributed by atoms with Crippen LogP contribution < -0.4 is 5.73 Å². The van der Waals surface area contributed by atoms with Crippen LogP contribution in [0, 0.1) is 34.5 Å². The Morgan fingerprint density at radius 3 is 2.57 bits per heavy atom. The van der Waals surface area contributed by atoms with Crippen molar-refractivity contribution in [1.82, 2.24) is 0 Å². The Balaban J connectivity index is 2.30. The first-order valence-electron chi connectivity index (χ1n) is 8.70. The molecular weight excluding hydrogens is 258 g/mol. The lowest BCUT2D eigenvalue weighted by Gasteiger charge is -2.52. The SMILES string of the molecule is C/C=C\C(C)(C)C1CCC2(C)C(C=O)CCC2C1CCN. The molecule has 2 saturated carbocycles. The van der Waals surface area contributed by atoms with Crippen molar-refractivity contribution in [2.45, 2.75) is 59.8 Å². The highest BCUT2D eigenvalue weighted by atomic mass is 16.1. The second-order valence-corrected chi connectivity index (χ2v) is 8.14. The van der Waals surface area contributed by atoms with Crippen molar-refractivity contribution in [3.05, 3.63) is 12.2 Å². The van der Waals surface area contributed by atoms with Gasteiger partial charge in [0.25, 0.3) is 0 Å². The van der Waals surface area contributed by atoms with E-state index in [9.17, 15) is 4.79 Å². The molecule has 21 heavy (non-hydrogen) atoms. The van der Waals surface area contributed by atoms with Gasteiger partial charge in [-0.3, -0.25) is 0 Å². The van der Waals surface area contributed by atoms with Gasteiger partial charge in [0.2, 0.25) is 0 Å². The van der Waals surface area contributed by atoms with Gasteiger partial charge in [0.1, 0.15) is 6.29 Å². The Labute approximate surface area is 130 Å². The van der Waals surface area contributed by atoms with Gasteiger partial charge in [-0.25, -0.2) is 0 Å². The zero-order valence-electron chi connectivity index (χ0n) is 14.3. The number of allylic oxidation sites excluding steroid dienone is 2. The third-order valence-electron chi connectivity index (χ3n) is 6.73. The van der Waals surface area contributed by atoms with Crippen molar-refractivity contribution in [3.8, 4) is 0 Å². The fourth-order valence-corrected chi connectivity index (χ4v) is 5.62. The van der Waals surface area contributed by atoms with Crippen molar-refractivity contribution < 1.29 is 4.79 Å². The lowest BCUT2D eigenvalue weighted by molar-refractivity contribution is -0.116. The Morgan fingerprint density at radius 1 is 1.29 bits per heavy atom. The maximum absolute atomic E-state index is 11.5. The van der Waals surface area contributed by atoms with E-state index in [0.29, 0.717) is 17.8 Å². The Morgan fingerprint density at radius 2 is 2.00 bits per heavy atom. The number of hydrogen-bond donors (Lipinski definition) is 1. The highest BCUT2D eigenvalue weighted by Crippen LogP contribution is 2.61. The van der Waals surface area contributed by atoms with E-state index in [1.54, 1.807) is 0 Å². The normalized spacial score (nSPS) is 40.4. The molecule has 2 aliphatic rings. The summed E-state index contributed by atoms with van der Waals surface area (Å²) >= 11 is 0. The molecule has 5 atom stereocenters. The van der Waals surface area contributed by atoms with E-state index in [0.717, 1.165) is 19.4 Å². The molecule has 2 N–H and O–H groups in total. The lowest BCUT2D eigenvalue weighted by Crippen LogP contribution is -2.46. The zero-order chi connectivity index (χ0) is 15.7. The topological polar surface area (TPSA) is 43.1 Å². The predicted molar refractivity (Wildman–Crippen MR) is 88.9 cm³/mol. The van der Waals surface area contributed by atoms with Gasteiger partial charge in [-0.2, -0.15) is 0 Å². The van der Waals surface area contributed by atoms with Crippen molar-refractivity contribution in [2.24, 2.45) is 40.2 Å². The number of carbonyl (C=O) groups is 1. The second-order valence-electron chi connectivity index (χ2n) is 8.14. The smallest absolute Gasteiger partial charge is 0.123 e. The minimum atomic E-state index is 0.226. The van der Waals surface area contributed by atoms with Crippen LogP contribution in [-0.2, 0) is 4.79 Å². The number of fused-ring (bicyclic) bond motifs is 1. The molecule has 2 rings (SSSR count). The van der Waals surface area contributed by atoms with Crippen LogP contribution >= 0.6 is 0 Å². The van der Waals surface area contributed by atoms with Gasteiger partial charge >= 0.3 is 0 Å². The second kappa shape index (κ2) is 6.24. The van der Waals surface area contributed by atoms with Crippen molar-refractivity contribution >= 4 is 6.29 Å². The van der Waals surface area contributed by atoms with Crippen molar-refractivity contribution in [2.75, 3.05) is 6.54 Å². The molecule has 0 aliphatic heterocycles. The number of nitrogens with two attached hydrogens (primary N) is 1. The van der Waals surface area contributed by atoms with Crippen LogP contribution in [0.3, 0.4) is 0 Å². The van der Waals surface area contributed by atoms with E-state index >= 15 is 0 Å². The monoisotopic (exact) mass is 291 g/mol. The largest absolute Gasteiger partial charge is 0.330 e. The minimum absolute atomic E-state index is 0.226. The highest BCUT2D eigenvalue weighted by molar-refractivity contribution is 5.56. The Hall–Kier alpha value is -0.630. The maximum Gasteiger partial charge on any atom is 0.123 e. The van der Waals surface area contributed by atoms with Gasteiger partial charge in [0.05, 0.1) is 0 Å². The summed E-state index contributed by atoms with van der Waals surface area (Å²) in [5.41, 5.74) is 6.40. The third-order valence-corrected chi connectivity index (χ3v) is 6.73. The first kappa shape index (κ1) is 16.7. The molecular formula is C19H33NO. The molecule has 2 fully saturated rings. The average Bonchev–Trinajstić information content (AvgIpc) is 2.75. The summed E-state index contributed by atoms with van der Waals surface area (Å²) in [6, 6.07) is 0.